The van der Waals surface area contributed by atoms with Crippen molar-refractivity contribution in [2.45, 2.75) is 26.4 Å². The summed E-state index contributed by atoms with van der Waals surface area (Å²) in [5.74, 6) is 0. The quantitative estimate of drug-likeness (QED) is 0.429. The fourth-order valence-electron chi connectivity index (χ4n) is 0.776. The summed E-state index contributed by atoms with van der Waals surface area (Å²) in [6.07, 6.45) is 1.16. The van der Waals surface area contributed by atoms with Crippen LogP contribution in [0.15, 0.2) is 5.16 Å². The number of rotatable bonds is 2. The van der Waals surface area contributed by atoms with Crippen molar-refractivity contribution in [1.82, 2.24) is 0 Å². The van der Waals surface area contributed by atoms with Gasteiger partial charge >= 0.3 is 0 Å². The van der Waals surface area contributed by atoms with Crippen LogP contribution in [0.2, 0.25) is 0 Å². The number of ether oxygens (including phenoxy) is 1. The molecule has 1 aliphatic rings. The Balaban J connectivity index is 2.18. The summed E-state index contributed by atoms with van der Waals surface area (Å²) in [6, 6.07) is 0. The molecule has 1 saturated heterocycles. The smallest absolute Gasteiger partial charge is 0.152 e. The van der Waals surface area contributed by atoms with Gasteiger partial charge in [-0.2, -0.15) is 0 Å². The van der Waals surface area contributed by atoms with Gasteiger partial charge in [0.2, 0.25) is 0 Å². The molecule has 0 aromatic heterocycles. The van der Waals surface area contributed by atoms with E-state index in [0.717, 1.165) is 18.7 Å². The first-order valence-corrected chi connectivity index (χ1v) is 3.54. The van der Waals surface area contributed by atoms with Crippen LogP contribution in [0.1, 0.15) is 20.3 Å². The molecule has 0 aromatic carbocycles. The van der Waals surface area contributed by atoms with Crippen molar-refractivity contribution in [2.24, 2.45) is 5.16 Å². The lowest BCUT2D eigenvalue weighted by Crippen LogP contribution is -2.08. The highest BCUT2D eigenvalue weighted by molar-refractivity contribution is 5.78. The molecule has 0 aromatic rings. The molecule has 0 saturated carbocycles. The van der Waals surface area contributed by atoms with Gasteiger partial charge in [0, 0.05) is 6.42 Å². The Morgan fingerprint density at radius 2 is 2.40 bits per heavy atom. The minimum absolute atomic E-state index is 0.190. The van der Waals surface area contributed by atoms with Crippen LogP contribution in [0.5, 0.6) is 0 Å². The molecular weight excluding hydrogens is 130 g/mol. The highest BCUT2D eigenvalue weighted by Crippen LogP contribution is 2.07. The van der Waals surface area contributed by atoms with Crippen molar-refractivity contribution in [1.29, 1.82) is 0 Å². The van der Waals surface area contributed by atoms with Crippen molar-refractivity contribution in [3.8, 4) is 0 Å². The Morgan fingerprint density at radius 3 is 2.90 bits per heavy atom. The van der Waals surface area contributed by atoms with Crippen molar-refractivity contribution in [3.05, 3.63) is 0 Å². The predicted octanol–water partition coefficient (Wildman–Crippen LogP) is 1.19. The van der Waals surface area contributed by atoms with Gasteiger partial charge in [-0.25, -0.2) is 0 Å². The molecule has 0 radical (unpaired) electrons. The fraction of sp³-hybridized carbons (Fsp3) is 0.857. The number of oxime groups is 1. The van der Waals surface area contributed by atoms with E-state index in [1.807, 2.05) is 13.8 Å². The van der Waals surface area contributed by atoms with E-state index in [0.29, 0.717) is 6.61 Å². The SMILES string of the molecule is CC(C)=NOC1CCOC1. The summed E-state index contributed by atoms with van der Waals surface area (Å²) >= 11 is 0. The first kappa shape index (κ1) is 7.54. The van der Waals surface area contributed by atoms with Gasteiger partial charge in [0.15, 0.2) is 6.10 Å². The monoisotopic (exact) mass is 143 g/mol. The zero-order chi connectivity index (χ0) is 7.40. The molecule has 0 spiro atoms. The van der Waals surface area contributed by atoms with Crippen molar-refractivity contribution in [2.75, 3.05) is 13.2 Å². The van der Waals surface area contributed by atoms with Crippen molar-refractivity contribution < 1.29 is 9.57 Å². The molecular formula is C7H13NO2. The minimum atomic E-state index is 0.190. The predicted molar refractivity (Wildman–Crippen MR) is 39.1 cm³/mol. The average Bonchev–Trinajstić information content (AvgIpc) is 2.34. The zero-order valence-electron chi connectivity index (χ0n) is 6.46. The Bertz CT molecular complexity index is 124. The van der Waals surface area contributed by atoms with Crippen LogP contribution in [0.25, 0.3) is 0 Å². The number of nitrogens with zero attached hydrogens (tertiary/aromatic N) is 1. The Kier molecular flexibility index (Phi) is 2.68. The normalized spacial score (nSPS) is 24.4. The molecule has 1 rings (SSSR count). The molecule has 3 heteroatoms. The molecule has 1 unspecified atom stereocenters. The summed E-state index contributed by atoms with van der Waals surface area (Å²) in [5.41, 5.74) is 0.951. The molecule has 58 valence electrons. The van der Waals surface area contributed by atoms with Crippen molar-refractivity contribution >= 4 is 5.71 Å². The standard InChI is InChI=1S/C7H13NO2/c1-6(2)8-10-7-3-4-9-5-7/h7H,3-5H2,1-2H3. The Morgan fingerprint density at radius 1 is 1.60 bits per heavy atom. The van der Waals surface area contributed by atoms with Gasteiger partial charge in [-0.15, -0.1) is 0 Å². The molecule has 0 bridgehead atoms. The topological polar surface area (TPSA) is 30.8 Å². The van der Waals surface area contributed by atoms with Crippen LogP contribution < -0.4 is 0 Å². The molecule has 0 N–H and O–H groups in total. The Labute approximate surface area is 61.0 Å². The van der Waals surface area contributed by atoms with E-state index < -0.39 is 0 Å². The first-order valence-electron chi connectivity index (χ1n) is 3.54. The largest absolute Gasteiger partial charge is 0.390 e. The average molecular weight is 143 g/mol. The second-order valence-electron chi connectivity index (χ2n) is 2.63. The number of hydrogen-bond donors (Lipinski definition) is 0. The number of hydrogen-bond acceptors (Lipinski definition) is 3. The first-order chi connectivity index (χ1) is 4.79. The van der Waals surface area contributed by atoms with Crippen LogP contribution in [-0.4, -0.2) is 25.0 Å². The van der Waals surface area contributed by atoms with Gasteiger partial charge in [-0.1, -0.05) is 5.16 Å². The van der Waals surface area contributed by atoms with Crippen LogP contribution in [0.4, 0.5) is 0 Å². The van der Waals surface area contributed by atoms with Gasteiger partial charge in [0.05, 0.1) is 18.9 Å². The minimum Gasteiger partial charge on any atom is -0.390 e. The van der Waals surface area contributed by atoms with Crippen LogP contribution in [0, 0.1) is 0 Å². The van der Waals surface area contributed by atoms with E-state index in [9.17, 15) is 0 Å². The van der Waals surface area contributed by atoms with E-state index in [2.05, 4.69) is 5.16 Å². The van der Waals surface area contributed by atoms with Gasteiger partial charge < -0.3 is 9.57 Å². The summed E-state index contributed by atoms with van der Waals surface area (Å²) in [7, 11) is 0. The third kappa shape index (κ3) is 2.35. The Hall–Kier alpha value is -0.570. The molecule has 1 aliphatic heterocycles. The maximum absolute atomic E-state index is 5.13. The van der Waals surface area contributed by atoms with E-state index in [1.165, 1.54) is 0 Å². The maximum atomic E-state index is 5.13. The molecule has 1 heterocycles. The second kappa shape index (κ2) is 3.56. The lowest BCUT2D eigenvalue weighted by molar-refractivity contribution is 0.0472. The molecule has 10 heavy (non-hydrogen) atoms. The van der Waals surface area contributed by atoms with Crippen LogP contribution in [0.3, 0.4) is 0 Å². The van der Waals surface area contributed by atoms with Gasteiger partial charge in [0.1, 0.15) is 0 Å². The van der Waals surface area contributed by atoms with Gasteiger partial charge in [-0.3, -0.25) is 0 Å². The van der Waals surface area contributed by atoms with E-state index in [4.69, 9.17) is 9.57 Å². The fourth-order valence-corrected chi connectivity index (χ4v) is 0.776. The molecule has 0 amide bonds. The third-order valence-electron chi connectivity index (χ3n) is 1.27. The lowest BCUT2D eigenvalue weighted by atomic mass is 10.3. The van der Waals surface area contributed by atoms with Gasteiger partial charge in [-0.05, 0) is 13.8 Å². The molecule has 1 fully saturated rings. The molecule has 3 nitrogen and oxygen atoms in total. The maximum Gasteiger partial charge on any atom is 0.152 e. The summed E-state index contributed by atoms with van der Waals surface area (Å²) in [6.45, 7) is 5.32. The second-order valence-corrected chi connectivity index (χ2v) is 2.63. The van der Waals surface area contributed by atoms with Gasteiger partial charge in [0.25, 0.3) is 0 Å². The summed E-state index contributed by atoms with van der Waals surface area (Å²) in [4.78, 5) is 5.13. The van der Waals surface area contributed by atoms with E-state index in [1.54, 1.807) is 0 Å². The highest BCUT2D eigenvalue weighted by atomic mass is 16.7. The van der Waals surface area contributed by atoms with Crippen LogP contribution in [-0.2, 0) is 9.57 Å². The third-order valence-corrected chi connectivity index (χ3v) is 1.27. The molecule has 1 atom stereocenters. The summed E-state index contributed by atoms with van der Waals surface area (Å²) < 4.78 is 5.10. The highest BCUT2D eigenvalue weighted by Gasteiger charge is 2.16. The van der Waals surface area contributed by atoms with E-state index >= 15 is 0 Å². The van der Waals surface area contributed by atoms with Crippen LogP contribution >= 0.6 is 0 Å². The zero-order valence-corrected chi connectivity index (χ0v) is 6.46. The molecule has 0 aliphatic carbocycles. The lowest BCUT2D eigenvalue weighted by Gasteiger charge is -2.03. The van der Waals surface area contributed by atoms with E-state index in [-0.39, 0.29) is 6.10 Å². The van der Waals surface area contributed by atoms with Crippen molar-refractivity contribution in [3.63, 3.8) is 0 Å². The summed E-state index contributed by atoms with van der Waals surface area (Å²) in [5, 5.41) is 3.84.